The molecule has 0 bridgehead atoms. The first-order valence-corrected chi connectivity index (χ1v) is 5.38. The van der Waals surface area contributed by atoms with Crippen LogP contribution in [0.2, 0.25) is 0 Å². The molecule has 0 aliphatic rings. The maximum absolute atomic E-state index is 12.1. The van der Waals surface area contributed by atoms with Gasteiger partial charge in [0.05, 0.1) is 19.5 Å². The normalized spacial score (nSPS) is 10.1. The molecule has 0 radical (unpaired) electrons. The molecular weight excluding hydrogens is 230 g/mol. The van der Waals surface area contributed by atoms with Crippen LogP contribution in [0.15, 0.2) is 42.7 Å². The maximum atomic E-state index is 12.1. The van der Waals surface area contributed by atoms with Gasteiger partial charge in [0.2, 0.25) is 0 Å². The molecule has 0 unspecified atom stereocenters. The van der Waals surface area contributed by atoms with Crippen LogP contribution in [0.1, 0.15) is 17.3 Å². The number of hydrogen-bond acceptors (Lipinski definition) is 4. The summed E-state index contributed by atoms with van der Waals surface area (Å²) in [4.78, 5) is 13.4. The predicted octanol–water partition coefficient (Wildman–Crippen LogP) is 2.03. The molecule has 5 heteroatoms. The fourth-order valence-corrected chi connectivity index (χ4v) is 1.57. The average Bonchev–Trinajstić information content (AvgIpc) is 2.90. The zero-order valence-corrected chi connectivity index (χ0v) is 10.3. The molecule has 1 aromatic heterocycles. The second-order valence-electron chi connectivity index (χ2n) is 3.81. The van der Waals surface area contributed by atoms with Crippen LogP contribution in [0.5, 0.6) is 5.75 Å². The lowest BCUT2D eigenvalue weighted by molar-refractivity contribution is 0.103. The first-order valence-electron chi connectivity index (χ1n) is 5.38. The number of rotatable bonds is 4. The number of hydrogen-bond donors (Lipinski definition) is 0. The monoisotopic (exact) mass is 243 g/mol. The summed E-state index contributed by atoms with van der Waals surface area (Å²) < 4.78 is 5.15. The first-order chi connectivity index (χ1) is 8.63. The number of benzene rings is 1. The molecule has 92 valence electrons. The molecule has 0 amide bonds. The van der Waals surface area contributed by atoms with Crippen LogP contribution in [0.4, 0.5) is 0 Å². The van der Waals surface area contributed by atoms with Gasteiger partial charge >= 0.3 is 0 Å². The minimum absolute atomic E-state index is 0.134. The van der Waals surface area contributed by atoms with Gasteiger partial charge in [0.15, 0.2) is 5.78 Å². The van der Waals surface area contributed by atoms with E-state index in [1.807, 2.05) is 0 Å². The molecule has 0 N–H and O–H groups in total. The Bertz CT molecular complexity index is 588. The SMILES string of the molecule is C=C(C)C(=O)c1ccc(OC)cc1-n1nccn1. The van der Waals surface area contributed by atoms with E-state index in [0.717, 1.165) is 0 Å². The molecule has 0 aliphatic heterocycles. The first kappa shape index (κ1) is 12.0. The van der Waals surface area contributed by atoms with E-state index in [2.05, 4.69) is 16.8 Å². The second kappa shape index (κ2) is 4.83. The number of ketones is 1. The van der Waals surface area contributed by atoms with Crippen LogP contribution in [0.25, 0.3) is 5.69 Å². The zero-order valence-electron chi connectivity index (χ0n) is 10.3. The lowest BCUT2D eigenvalue weighted by Crippen LogP contribution is -2.09. The van der Waals surface area contributed by atoms with Crippen molar-refractivity contribution < 1.29 is 9.53 Å². The molecule has 0 atom stereocenters. The maximum Gasteiger partial charge on any atom is 0.190 e. The van der Waals surface area contributed by atoms with Crippen LogP contribution in [0, 0.1) is 0 Å². The highest BCUT2D eigenvalue weighted by Gasteiger charge is 2.15. The average molecular weight is 243 g/mol. The van der Waals surface area contributed by atoms with Gasteiger partial charge in [-0.1, -0.05) is 6.58 Å². The highest BCUT2D eigenvalue weighted by molar-refractivity contribution is 6.10. The Kier molecular flexibility index (Phi) is 3.23. The molecule has 5 nitrogen and oxygen atoms in total. The Hall–Kier alpha value is -2.43. The number of carbonyl (C=O) groups excluding carboxylic acids is 1. The standard InChI is InChI=1S/C13H13N3O2/c1-9(2)13(17)11-5-4-10(18-3)8-12(11)16-14-6-7-15-16/h4-8H,1H2,2-3H3. The van der Waals surface area contributed by atoms with Crippen LogP contribution >= 0.6 is 0 Å². The summed E-state index contributed by atoms with van der Waals surface area (Å²) >= 11 is 0. The van der Waals surface area contributed by atoms with Gasteiger partial charge in [-0.25, -0.2) is 0 Å². The van der Waals surface area contributed by atoms with E-state index < -0.39 is 0 Å². The van der Waals surface area contributed by atoms with E-state index in [0.29, 0.717) is 22.6 Å². The Morgan fingerprint density at radius 1 is 1.33 bits per heavy atom. The molecule has 0 fully saturated rings. The quantitative estimate of drug-likeness (QED) is 0.609. The Morgan fingerprint density at radius 3 is 2.56 bits per heavy atom. The van der Waals surface area contributed by atoms with Crippen molar-refractivity contribution in [2.75, 3.05) is 7.11 Å². The summed E-state index contributed by atoms with van der Waals surface area (Å²) in [5, 5.41) is 8.06. The minimum Gasteiger partial charge on any atom is -0.497 e. The molecular formula is C13H13N3O2. The number of allylic oxidation sites excluding steroid dienone is 1. The van der Waals surface area contributed by atoms with Gasteiger partial charge in [0.1, 0.15) is 11.4 Å². The third kappa shape index (κ3) is 2.15. The topological polar surface area (TPSA) is 57.0 Å². The van der Waals surface area contributed by atoms with Gasteiger partial charge in [0.25, 0.3) is 0 Å². The summed E-state index contributed by atoms with van der Waals surface area (Å²) in [6.45, 7) is 5.34. The van der Waals surface area contributed by atoms with E-state index in [9.17, 15) is 4.79 Å². The van der Waals surface area contributed by atoms with Gasteiger partial charge in [0, 0.05) is 11.6 Å². The highest BCUT2D eigenvalue weighted by Crippen LogP contribution is 2.22. The van der Waals surface area contributed by atoms with Crippen molar-refractivity contribution in [3.05, 3.63) is 48.3 Å². The van der Waals surface area contributed by atoms with Crippen LogP contribution in [-0.4, -0.2) is 27.9 Å². The molecule has 1 aromatic carbocycles. The third-order valence-corrected chi connectivity index (χ3v) is 2.47. The Balaban J connectivity index is 2.59. The molecule has 0 aliphatic carbocycles. The summed E-state index contributed by atoms with van der Waals surface area (Å²) in [7, 11) is 1.57. The summed E-state index contributed by atoms with van der Waals surface area (Å²) in [6.07, 6.45) is 3.10. The second-order valence-corrected chi connectivity index (χ2v) is 3.81. The molecule has 1 heterocycles. The van der Waals surface area contributed by atoms with Crippen LogP contribution in [0.3, 0.4) is 0 Å². The van der Waals surface area contributed by atoms with Gasteiger partial charge in [-0.2, -0.15) is 15.0 Å². The molecule has 0 saturated carbocycles. The number of aromatic nitrogens is 3. The lowest BCUT2D eigenvalue weighted by Gasteiger charge is -2.09. The van der Waals surface area contributed by atoms with Crippen molar-refractivity contribution in [1.29, 1.82) is 0 Å². The Labute approximate surface area is 105 Å². The largest absolute Gasteiger partial charge is 0.497 e. The minimum atomic E-state index is -0.134. The lowest BCUT2D eigenvalue weighted by atomic mass is 10.0. The number of nitrogens with zero attached hydrogens (tertiary/aromatic N) is 3. The fourth-order valence-electron chi connectivity index (χ4n) is 1.57. The zero-order chi connectivity index (χ0) is 13.1. The number of carbonyl (C=O) groups is 1. The predicted molar refractivity (Wildman–Crippen MR) is 67.1 cm³/mol. The van der Waals surface area contributed by atoms with Crippen molar-refractivity contribution in [2.24, 2.45) is 0 Å². The van der Waals surface area contributed by atoms with Crippen molar-refractivity contribution in [1.82, 2.24) is 15.0 Å². The van der Waals surface area contributed by atoms with Gasteiger partial charge in [-0.05, 0) is 24.6 Å². The fraction of sp³-hybridized carbons (Fsp3) is 0.154. The van der Waals surface area contributed by atoms with E-state index in [-0.39, 0.29) is 5.78 Å². The van der Waals surface area contributed by atoms with E-state index in [1.54, 1.807) is 44.6 Å². The summed E-state index contributed by atoms with van der Waals surface area (Å²) in [6, 6.07) is 5.13. The number of methoxy groups -OCH3 is 1. The van der Waals surface area contributed by atoms with Crippen molar-refractivity contribution >= 4 is 5.78 Å². The molecule has 2 aromatic rings. The van der Waals surface area contributed by atoms with Gasteiger partial charge in [-0.15, -0.1) is 0 Å². The van der Waals surface area contributed by atoms with Crippen LogP contribution in [-0.2, 0) is 0 Å². The summed E-state index contributed by atoms with van der Waals surface area (Å²) in [5.41, 5.74) is 1.54. The number of Topliss-reactive ketones (excluding diaryl/α,β-unsaturated/α-hetero) is 1. The van der Waals surface area contributed by atoms with Gasteiger partial charge in [-0.3, -0.25) is 4.79 Å². The van der Waals surface area contributed by atoms with Crippen LogP contribution < -0.4 is 4.74 Å². The van der Waals surface area contributed by atoms with Gasteiger partial charge < -0.3 is 4.74 Å². The molecule has 18 heavy (non-hydrogen) atoms. The van der Waals surface area contributed by atoms with E-state index in [4.69, 9.17) is 4.74 Å². The van der Waals surface area contributed by atoms with E-state index in [1.165, 1.54) is 4.80 Å². The molecule has 0 spiro atoms. The van der Waals surface area contributed by atoms with Crippen molar-refractivity contribution in [3.63, 3.8) is 0 Å². The third-order valence-electron chi connectivity index (χ3n) is 2.47. The van der Waals surface area contributed by atoms with E-state index >= 15 is 0 Å². The van der Waals surface area contributed by atoms with Crippen molar-refractivity contribution in [3.8, 4) is 11.4 Å². The summed E-state index contributed by atoms with van der Waals surface area (Å²) in [5.74, 6) is 0.505. The Morgan fingerprint density at radius 2 is 2.00 bits per heavy atom. The smallest absolute Gasteiger partial charge is 0.190 e. The highest BCUT2D eigenvalue weighted by atomic mass is 16.5. The number of ether oxygens (including phenoxy) is 1. The van der Waals surface area contributed by atoms with Crippen molar-refractivity contribution in [2.45, 2.75) is 6.92 Å². The molecule has 2 rings (SSSR count). The molecule has 0 saturated heterocycles.